The van der Waals surface area contributed by atoms with Gasteiger partial charge in [-0.05, 0) is 27.2 Å². The highest BCUT2D eigenvalue weighted by molar-refractivity contribution is 5.85. The van der Waals surface area contributed by atoms with E-state index >= 15 is 0 Å². The first-order valence-electron chi connectivity index (χ1n) is 5.04. The summed E-state index contributed by atoms with van der Waals surface area (Å²) >= 11 is 0. The molecule has 0 saturated heterocycles. The van der Waals surface area contributed by atoms with Crippen LogP contribution in [0.3, 0.4) is 0 Å². The minimum atomic E-state index is -1.15. The lowest BCUT2D eigenvalue weighted by atomic mass is 10.2. The molecule has 0 rings (SSSR count). The molecule has 17 heavy (non-hydrogen) atoms. The third kappa shape index (κ3) is 8.21. The number of hydrogen-bond donors (Lipinski definition) is 2. The minimum absolute atomic E-state index is 0.100. The zero-order valence-corrected chi connectivity index (χ0v) is 10.1. The van der Waals surface area contributed by atoms with Crippen molar-refractivity contribution in [2.45, 2.75) is 45.3 Å². The van der Waals surface area contributed by atoms with Gasteiger partial charge in [0.05, 0.1) is 0 Å². The van der Waals surface area contributed by atoms with Crippen LogP contribution in [0.4, 0.5) is 4.79 Å². The van der Waals surface area contributed by atoms with Crippen molar-refractivity contribution in [3.63, 3.8) is 0 Å². The van der Waals surface area contributed by atoms with E-state index in [1.807, 2.05) is 0 Å². The molecule has 7 heteroatoms. The zero-order valence-electron chi connectivity index (χ0n) is 10.1. The molecule has 0 bridgehead atoms. The molecule has 0 aromatic rings. The molecule has 0 saturated carbocycles. The van der Waals surface area contributed by atoms with E-state index in [1.165, 1.54) is 0 Å². The molecule has 0 aliphatic heterocycles. The molecule has 0 fully saturated rings. The molecule has 0 aromatic heterocycles. The molecule has 0 spiro atoms. The molecule has 0 heterocycles. The smallest absolute Gasteiger partial charge is 0.481 e. The first kappa shape index (κ1) is 15.4. The van der Waals surface area contributed by atoms with Crippen molar-refractivity contribution in [1.29, 1.82) is 0 Å². The number of carboxylic acid groups (broad SMARTS) is 1. The Morgan fingerprint density at radius 1 is 1.29 bits per heavy atom. The Hall–Kier alpha value is -1.63. The van der Waals surface area contributed by atoms with Crippen LogP contribution in [0, 0.1) is 0 Å². The van der Waals surface area contributed by atoms with Gasteiger partial charge in [-0.2, -0.15) is 0 Å². The van der Waals surface area contributed by atoms with Gasteiger partial charge >= 0.3 is 18.1 Å². The molecule has 7 nitrogen and oxygen atoms in total. The molecule has 0 aromatic carbocycles. The minimum Gasteiger partial charge on any atom is -0.481 e. The highest BCUT2D eigenvalue weighted by Crippen LogP contribution is 2.08. The van der Waals surface area contributed by atoms with Crippen LogP contribution in [0.1, 0.15) is 33.6 Å². The van der Waals surface area contributed by atoms with E-state index in [0.717, 1.165) is 0 Å². The first-order chi connectivity index (χ1) is 7.61. The first-order valence-corrected chi connectivity index (χ1v) is 5.04. The molecular weight excluding hydrogens is 230 g/mol. The van der Waals surface area contributed by atoms with Crippen LogP contribution in [-0.2, 0) is 19.1 Å². The Bertz CT molecular complexity index is 306. The van der Waals surface area contributed by atoms with Gasteiger partial charge in [-0.1, -0.05) is 0 Å². The van der Waals surface area contributed by atoms with Gasteiger partial charge < -0.3 is 20.3 Å². The molecule has 0 aliphatic carbocycles. The summed E-state index contributed by atoms with van der Waals surface area (Å²) in [6.07, 6.45) is -1.52. The average molecular weight is 247 g/mol. The van der Waals surface area contributed by atoms with Crippen molar-refractivity contribution < 1.29 is 29.0 Å². The van der Waals surface area contributed by atoms with Gasteiger partial charge in [0.25, 0.3) is 0 Å². The predicted octanol–water partition coefficient (Wildman–Crippen LogP) is 0.657. The Balaban J connectivity index is 4.08. The van der Waals surface area contributed by atoms with Crippen molar-refractivity contribution in [2.75, 3.05) is 0 Å². The second-order valence-electron chi connectivity index (χ2n) is 4.42. The Morgan fingerprint density at radius 2 is 1.82 bits per heavy atom. The fourth-order valence-corrected chi connectivity index (χ4v) is 0.825. The van der Waals surface area contributed by atoms with Gasteiger partial charge in [0.2, 0.25) is 0 Å². The third-order valence-corrected chi connectivity index (χ3v) is 1.55. The number of esters is 1. The molecule has 3 N–H and O–H groups in total. The summed E-state index contributed by atoms with van der Waals surface area (Å²) in [7, 11) is 0. The quantitative estimate of drug-likeness (QED) is 0.553. The maximum atomic E-state index is 11.2. The summed E-state index contributed by atoms with van der Waals surface area (Å²) in [5.41, 5.74) is 4.56. The van der Waals surface area contributed by atoms with Crippen LogP contribution < -0.4 is 5.73 Å². The molecule has 0 aliphatic rings. The second-order valence-corrected chi connectivity index (χ2v) is 4.42. The molecule has 1 atom stereocenters. The molecular formula is C10H17NO6. The molecule has 0 radical (unpaired) electrons. The van der Waals surface area contributed by atoms with E-state index in [1.54, 1.807) is 20.8 Å². The predicted molar refractivity (Wildman–Crippen MR) is 57.2 cm³/mol. The van der Waals surface area contributed by atoms with E-state index in [2.05, 4.69) is 4.74 Å². The second kappa shape index (κ2) is 6.19. The number of carbonyl (C=O) groups is 3. The molecule has 1 unspecified atom stereocenters. The summed E-state index contributed by atoms with van der Waals surface area (Å²) in [6, 6.07) is -1.15. The van der Waals surface area contributed by atoms with E-state index < -0.39 is 29.7 Å². The fourth-order valence-electron chi connectivity index (χ4n) is 0.825. The van der Waals surface area contributed by atoms with Crippen molar-refractivity contribution in [2.24, 2.45) is 5.73 Å². The van der Waals surface area contributed by atoms with E-state index in [4.69, 9.17) is 15.6 Å². The number of nitrogens with two attached hydrogens (primary N) is 1. The highest BCUT2D eigenvalue weighted by Gasteiger charge is 2.24. The largest absolute Gasteiger partial charge is 0.516 e. The summed E-state index contributed by atoms with van der Waals surface area (Å²) in [4.78, 5) is 32.5. The van der Waals surface area contributed by atoms with Gasteiger partial charge in [0.1, 0.15) is 11.6 Å². The number of ether oxygens (including phenoxy) is 2. The van der Waals surface area contributed by atoms with Crippen LogP contribution in [0.15, 0.2) is 0 Å². The van der Waals surface area contributed by atoms with E-state index in [-0.39, 0.29) is 12.8 Å². The lowest BCUT2D eigenvalue weighted by Gasteiger charge is -2.18. The van der Waals surface area contributed by atoms with Gasteiger partial charge in [-0.15, -0.1) is 0 Å². The molecule has 98 valence electrons. The fraction of sp³-hybridized carbons (Fsp3) is 0.700. The van der Waals surface area contributed by atoms with Gasteiger partial charge in [-0.3, -0.25) is 4.79 Å². The maximum absolute atomic E-state index is 11.2. The SMILES string of the molecule is CC(C)(C)OC(=O)OC(=O)C(N)CCC(=O)O. The van der Waals surface area contributed by atoms with E-state index in [9.17, 15) is 14.4 Å². The van der Waals surface area contributed by atoms with Crippen LogP contribution in [0.25, 0.3) is 0 Å². The van der Waals surface area contributed by atoms with Crippen LogP contribution in [0.5, 0.6) is 0 Å². The summed E-state index contributed by atoms with van der Waals surface area (Å²) in [5.74, 6) is -2.08. The van der Waals surface area contributed by atoms with Crippen molar-refractivity contribution in [1.82, 2.24) is 0 Å². The van der Waals surface area contributed by atoms with Gasteiger partial charge in [0, 0.05) is 6.42 Å². The lowest BCUT2D eigenvalue weighted by molar-refractivity contribution is -0.143. The number of aliphatic carboxylic acids is 1. The maximum Gasteiger partial charge on any atom is 0.516 e. The van der Waals surface area contributed by atoms with Crippen LogP contribution in [-0.4, -0.2) is 34.8 Å². The number of carboxylic acids is 1. The lowest BCUT2D eigenvalue weighted by Crippen LogP contribution is -2.36. The van der Waals surface area contributed by atoms with E-state index in [0.29, 0.717) is 0 Å². The van der Waals surface area contributed by atoms with Crippen LogP contribution >= 0.6 is 0 Å². The average Bonchev–Trinajstić information content (AvgIpc) is 2.10. The topological polar surface area (TPSA) is 116 Å². The summed E-state index contributed by atoms with van der Waals surface area (Å²) in [5, 5.41) is 8.38. The monoisotopic (exact) mass is 247 g/mol. The van der Waals surface area contributed by atoms with Crippen molar-refractivity contribution in [3.8, 4) is 0 Å². The van der Waals surface area contributed by atoms with Crippen molar-refractivity contribution >= 4 is 18.1 Å². The van der Waals surface area contributed by atoms with Gasteiger partial charge in [0.15, 0.2) is 0 Å². The van der Waals surface area contributed by atoms with Crippen molar-refractivity contribution in [3.05, 3.63) is 0 Å². The third-order valence-electron chi connectivity index (χ3n) is 1.55. The normalized spacial score (nSPS) is 12.7. The number of carbonyl (C=O) groups excluding carboxylic acids is 2. The zero-order chi connectivity index (χ0) is 13.6. The molecule has 0 amide bonds. The number of hydrogen-bond acceptors (Lipinski definition) is 6. The Morgan fingerprint density at radius 3 is 2.24 bits per heavy atom. The summed E-state index contributed by atoms with van der Waals surface area (Å²) in [6.45, 7) is 4.84. The Labute approximate surface area is 98.9 Å². The highest BCUT2D eigenvalue weighted by atomic mass is 16.7. The standard InChI is InChI=1S/C10H17NO6/c1-10(2,3)17-9(15)16-8(14)6(11)4-5-7(12)13/h6H,4-5,11H2,1-3H3,(H,12,13). The Kier molecular flexibility index (Phi) is 5.60. The van der Waals surface area contributed by atoms with Gasteiger partial charge in [-0.25, -0.2) is 9.59 Å². The number of rotatable bonds is 4. The summed E-state index contributed by atoms with van der Waals surface area (Å²) < 4.78 is 9.03. The van der Waals surface area contributed by atoms with Crippen LogP contribution in [0.2, 0.25) is 0 Å².